The van der Waals surface area contributed by atoms with E-state index in [1.165, 1.54) is 11.3 Å². The Hall–Kier alpha value is -2.02. The number of thiazole rings is 1. The average Bonchev–Trinajstić information content (AvgIpc) is 3.26. The van der Waals surface area contributed by atoms with Gasteiger partial charge in [0.2, 0.25) is 0 Å². The molecule has 1 aliphatic carbocycles. The van der Waals surface area contributed by atoms with Crippen molar-refractivity contribution >= 4 is 17.2 Å². The third kappa shape index (κ3) is 2.88. The third-order valence-corrected chi connectivity index (χ3v) is 5.53. The molecule has 0 radical (unpaired) electrons. The van der Waals surface area contributed by atoms with Gasteiger partial charge in [0.1, 0.15) is 5.69 Å². The molecule has 126 valence electrons. The number of nitrogens with zero attached hydrogens (tertiary/aromatic N) is 4. The minimum atomic E-state index is -0.0522. The van der Waals surface area contributed by atoms with Gasteiger partial charge in [-0.2, -0.15) is 5.10 Å². The molecule has 1 amide bonds. The van der Waals surface area contributed by atoms with E-state index in [0.29, 0.717) is 12.2 Å². The summed E-state index contributed by atoms with van der Waals surface area (Å²) in [5.41, 5.74) is 4.27. The van der Waals surface area contributed by atoms with Gasteiger partial charge >= 0.3 is 0 Å². The van der Waals surface area contributed by atoms with E-state index in [0.717, 1.165) is 56.3 Å². The Morgan fingerprint density at radius 1 is 1.29 bits per heavy atom. The van der Waals surface area contributed by atoms with Crippen LogP contribution >= 0.6 is 11.3 Å². The minimum Gasteiger partial charge on any atom is -0.332 e. The molecular weight excluding hydrogens is 324 g/mol. The molecule has 3 heterocycles. The lowest BCUT2D eigenvalue weighted by atomic mass is 9.97. The van der Waals surface area contributed by atoms with Gasteiger partial charge in [-0.25, -0.2) is 9.67 Å². The highest BCUT2D eigenvalue weighted by atomic mass is 32.1. The zero-order valence-corrected chi connectivity index (χ0v) is 14.3. The Morgan fingerprint density at radius 2 is 2.17 bits per heavy atom. The van der Waals surface area contributed by atoms with Crippen molar-refractivity contribution in [2.45, 2.75) is 51.1 Å². The maximum absolute atomic E-state index is 12.6. The predicted molar refractivity (Wildman–Crippen MR) is 91.3 cm³/mol. The smallest absolute Gasteiger partial charge is 0.273 e. The quantitative estimate of drug-likeness (QED) is 0.853. The van der Waals surface area contributed by atoms with Crippen LogP contribution in [0.4, 0.5) is 0 Å². The van der Waals surface area contributed by atoms with Crippen LogP contribution in [0.15, 0.2) is 21.8 Å². The van der Waals surface area contributed by atoms with Gasteiger partial charge in [-0.15, -0.1) is 11.3 Å². The summed E-state index contributed by atoms with van der Waals surface area (Å²) < 4.78 is 1.56. The maximum atomic E-state index is 12.6. The van der Waals surface area contributed by atoms with Gasteiger partial charge in [0, 0.05) is 18.0 Å². The molecule has 0 N–H and O–H groups in total. The number of carbonyl (C=O) groups excluding carboxylic acids is 1. The fourth-order valence-corrected chi connectivity index (χ4v) is 4.22. The second-order valence-electron chi connectivity index (χ2n) is 6.51. The summed E-state index contributed by atoms with van der Waals surface area (Å²) in [6.07, 6.45) is 6.03. The van der Waals surface area contributed by atoms with Gasteiger partial charge < -0.3 is 4.90 Å². The summed E-state index contributed by atoms with van der Waals surface area (Å²) >= 11 is 1.42. The summed E-state index contributed by atoms with van der Waals surface area (Å²) in [5, 5.41) is 6.36. The number of aromatic nitrogens is 3. The number of amides is 1. The molecular formula is C17H20N4O2S. The van der Waals surface area contributed by atoms with Crippen molar-refractivity contribution < 1.29 is 4.79 Å². The van der Waals surface area contributed by atoms with Crippen LogP contribution in [0.2, 0.25) is 0 Å². The summed E-state index contributed by atoms with van der Waals surface area (Å²) in [6, 6.07) is 1.76. The zero-order valence-electron chi connectivity index (χ0n) is 13.5. The Morgan fingerprint density at radius 3 is 3.00 bits per heavy atom. The molecule has 0 aromatic carbocycles. The van der Waals surface area contributed by atoms with E-state index in [1.807, 2.05) is 4.90 Å². The summed E-state index contributed by atoms with van der Waals surface area (Å²) in [5.74, 6) is -0.0373. The van der Waals surface area contributed by atoms with Gasteiger partial charge in [0.25, 0.3) is 11.5 Å². The molecule has 0 saturated carbocycles. The molecule has 2 aromatic rings. The number of hydrogen-bond acceptors (Lipinski definition) is 5. The van der Waals surface area contributed by atoms with Crippen molar-refractivity contribution in [3.05, 3.63) is 44.3 Å². The Balaban J connectivity index is 1.56. The minimum absolute atomic E-state index is 0.0195. The van der Waals surface area contributed by atoms with Crippen LogP contribution in [0.3, 0.4) is 0 Å². The molecule has 24 heavy (non-hydrogen) atoms. The van der Waals surface area contributed by atoms with Crippen molar-refractivity contribution in [2.75, 3.05) is 6.54 Å². The van der Waals surface area contributed by atoms with Crippen LogP contribution < -0.4 is 5.56 Å². The lowest BCUT2D eigenvalue weighted by Gasteiger charge is -2.25. The number of carbonyl (C=O) groups is 1. The molecule has 1 unspecified atom stereocenters. The fourth-order valence-electron chi connectivity index (χ4n) is 3.69. The van der Waals surface area contributed by atoms with Crippen molar-refractivity contribution in [1.82, 2.24) is 19.7 Å². The van der Waals surface area contributed by atoms with Crippen molar-refractivity contribution in [2.24, 2.45) is 0 Å². The van der Waals surface area contributed by atoms with Gasteiger partial charge in [-0.1, -0.05) is 0 Å². The van der Waals surface area contributed by atoms with Crippen LogP contribution in [0, 0.1) is 0 Å². The molecule has 2 aromatic heterocycles. The van der Waals surface area contributed by atoms with E-state index in [9.17, 15) is 9.59 Å². The van der Waals surface area contributed by atoms with Crippen LogP contribution in [0.5, 0.6) is 0 Å². The maximum Gasteiger partial charge on any atom is 0.273 e. The number of fused-ring (bicyclic) bond motifs is 1. The molecule has 1 atom stereocenters. The zero-order chi connectivity index (χ0) is 16.5. The van der Waals surface area contributed by atoms with Crippen molar-refractivity contribution in [3.8, 4) is 0 Å². The highest BCUT2D eigenvalue weighted by Crippen LogP contribution is 2.22. The third-order valence-electron chi connectivity index (χ3n) is 4.95. The Kier molecular flexibility index (Phi) is 4.18. The highest BCUT2D eigenvalue weighted by Gasteiger charge is 2.31. The summed E-state index contributed by atoms with van der Waals surface area (Å²) in [6.45, 7) is 1.20. The number of likely N-dealkylation sites (tertiary alicyclic amines) is 1. The van der Waals surface area contributed by atoms with Crippen LogP contribution in [-0.2, 0) is 19.4 Å². The largest absolute Gasteiger partial charge is 0.332 e. The van der Waals surface area contributed by atoms with Gasteiger partial charge in [-0.3, -0.25) is 9.59 Å². The van der Waals surface area contributed by atoms with Crippen LogP contribution in [-0.4, -0.2) is 38.2 Å². The molecule has 1 aliphatic heterocycles. The van der Waals surface area contributed by atoms with Gasteiger partial charge in [0.05, 0.1) is 23.8 Å². The SMILES string of the molecule is O=C(c1cscn1)N1CCCC1Cn1nc2c(cc1=O)CCCC2. The number of aryl methyl sites for hydroxylation is 2. The molecule has 4 rings (SSSR count). The lowest BCUT2D eigenvalue weighted by Crippen LogP contribution is -2.41. The molecule has 6 nitrogen and oxygen atoms in total. The predicted octanol–water partition coefficient (Wildman–Crippen LogP) is 1.88. The fraction of sp³-hybridized carbons (Fsp3) is 0.529. The first kappa shape index (κ1) is 15.5. The monoisotopic (exact) mass is 344 g/mol. The summed E-state index contributed by atoms with van der Waals surface area (Å²) in [4.78, 5) is 30.9. The molecule has 0 bridgehead atoms. The summed E-state index contributed by atoms with van der Waals surface area (Å²) in [7, 11) is 0. The normalized spacial score (nSPS) is 20.2. The Labute approximate surface area is 144 Å². The lowest BCUT2D eigenvalue weighted by molar-refractivity contribution is 0.0715. The van der Waals surface area contributed by atoms with E-state index in [4.69, 9.17) is 0 Å². The first-order valence-corrected chi connectivity index (χ1v) is 9.46. The standard InChI is InChI=1S/C17H20N4O2S/c22-16-8-12-4-1-2-6-14(12)19-21(16)9-13-5-3-7-20(13)17(23)15-10-24-11-18-15/h8,10-11,13H,1-7,9H2. The second kappa shape index (κ2) is 6.47. The Bertz CT molecular complexity index is 799. The number of hydrogen-bond donors (Lipinski definition) is 0. The highest BCUT2D eigenvalue weighted by molar-refractivity contribution is 7.07. The second-order valence-corrected chi connectivity index (χ2v) is 7.23. The van der Waals surface area contributed by atoms with Crippen LogP contribution in [0.1, 0.15) is 47.4 Å². The molecule has 7 heteroatoms. The molecule has 0 spiro atoms. The average molecular weight is 344 g/mol. The van der Waals surface area contributed by atoms with E-state index >= 15 is 0 Å². The topological polar surface area (TPSA) is 68.1 Å². The van der Waals surface area contributed by atoms with Crippen molar-refractivity contribution in [1.29, 1.82) is 0 Å². The first-order valence-electron chi connectivity index (χ1n) is 8.51. The van der Waals surface area contributed by atoms with Gasteiger partial charge in [0.15, 0.2) is 0 Å². The molecule has 1 saturated heterocycles. The van der Waals surface area contributed by atoms with E-state index in [-0.39, 0.29) is 17.5 Å². The van der Waals surface area contributed by atoms with E-state index in [1.54, 1.807) is 21.6 Å². The molecule has 2 aliphatic rings. The number of rotatable bonds is 3. The van der Waals surface area contributed by atoms with Crippen molar-refractivity contribution in [3.63, 3.8) is 0 Å². The first-order chi connectivity index (χ1) is 11.7. The van der Waals surface area contributed by atoms with Gasteiger partial charge in [-0.05, 0) is 44.1 Å². The van der Waals surface area contributed by atoms with E-state index < -0.39 is 0 Å². The van der Waals surface area contributed by atoms with Crippen LogP contribution in [0.25, 0.3) is 0 Å². The molecule has 1 fully saturated rings. The van der Waals surface area contributed by atoms with E-state index in [2.05, 4.69) is 10.1 Å².